The number of rotatable bonds is 3. The van der Waals surface area contributed by atoms with Gasteiger partial charge in [-0.1, -0.05) is 18.5 Å². The molecule has 0 radical (unpaired) electrons. The van der Waals surface area contributed by atoms with Gasteiger partial charge in [0.15, 0.2) is 16.8 Å². The van der Waals surface area contributed by atoms with Gasteiger partial charge in [-0.25, -0.2) is 0 Å². The van der Waals surface area contributed by atoms with Gasteiger partial charge in [0, 0.05) is 6.42 Å². The number of hydrogen-bond acceptors (Lipinski definition) is 5. The molecule has 0 atom stereocenters. The van der Waals surface area contributed by atoms with Crippen molar-refractivity contribution in [3.05, 3.63) is 23.1 Å². The standard InChI is InChI=1S/C9H11ClN6/c1-2-3-7-12-9(11)16(15-7)8-5-4-6(10)13-14-8/h4-5H,2-3H2,1H3,(H2,11,12,15). The molecule has 0 unspecified atom stereocenters. The maximum Gasteiger partial charge on any atom is 0.225 e. The molecular weight excluding hydrogens is 228 g/mol. The lowest BCUT2D eigenvalue weighted by atomic mass is 10.3. The molecule has 84 valence electrons. The van der Waals surface area contributed by atoms with Crippen LogP contribution in [0.5, 0.6) is 0 Å². The summed E-state index contributed by atoms with van der Waals surface area (Å²) < 4.78 is 1.45. The van der Waals surface area contributed by atoms with Crippen LogP contribution in [-0.4, -0.2) is 25.0 Å². The second-order valence-electron chi connectivity index (χ2n) is 3.26. The topological polar surface area (TPSA) is 82.5 Å². The Bertz CT molecular complexity index is 477. The minimum absolute atomic E-state index is 0.306. The first-order valence-electron chi connectivity index (χ1n) is 4.91. The number of halogens is 1. The average Bonchev–Trinajstić information content (AvgIpc) is 2.61. The third-order valence-electron chi connectivity index (χ3n) is 1.98. The van der Waals surface area contributed by atoms with Crippen LogP contribution in [-0.2, 0) is 6.42 Å². The molecule has 0 saturated carbocycles. The Hall–Kier alpha value is -1.69. The van der Waals surface area contributed by atoms with E-state index in [0.29, 0.717) is 22.7 Å². The summed E-state index contributed by atoms with van der Waals surface area (Å²) in [4.78, 5) is 4.13. The third kappa shape index (κ3) is 2.11. The lowest BCUT2D eigenvalue weighted by Gasteiger charge is -1.99. The number of hydrogen-bond donors (Lipinski definition) is 1. The zero-order valence-corrected chi connectivity index (χ0v) is 9.52. The zero-order valence-electron chi connectivity index (χ0n) is 8.76. The molecule has 6 nitrogen and oxygen atoms in total. The van der Waals surface area contributed by atoms with Crippen LogP contribution in [0.3, 0.4) is 0 Å². The number of nitrogens with zero attached hydrogens (tertiary/aromatic N) is 5. The molecule has 16 heavy (non-hydrogen) atoms. The molecule has 2 rings (SSSR count). The highest BCUT2D eigenvalue weighted by Gasteiger charge is 2.09. The second kappa shape index (κ2) is 4.44. The van der Waals surface area contributed by atoms with Gasteiger partial charge in [-0.15, -0.1) is 15.3 Å². The van der Waals surface area contributed by atoms with Crippen molar-refractivity contribution < 1.29 is 0 Å². The average molecular weight is 239 g/mol. The highest BCUT2D eigenvalue weighted by Crippen LogP contribution is 2.10. The van der Waals surface area contributed by atoms with E-state index in [1.165, 1.54) is 4.68 Å². The lowest BCUT2D eigenvalue weighted by molar-refractivity contribution is 0.775. The predicted molar refractivity (Wildman–Crippen MR) is 60.4 cm³/mol. The largest absolute Gasteiger partial charge is 0.368 e. The van der Waals surface area contributed by atoms with Gasteiger partial charge >= 0.3 is 0 Å². The highest BCUT2D eigenvalue weighted by molar-refractivity contribution is 6.29. The van der Waals surface area contributed by atoms with Gasteiger partial charge < -0.3 is 5.73 Å². The molecule has 2 aromatic rings. The van der Waals surface area contributed by atoms with Crippen LogP contribution in [0, 0.1) is 0 Å². The summed E-state index contributed by atoms with van der Waals surface area (Å²) in [7, 11) is 0. The van der Waals surface area contributed by atoms with Crippen molar-refractivity contribution in [1.29, 1.82) is 0 Å². The number of aromatic nitrogens is 5. The predicted octanol–water partition coefficient (Wildman–Crippen LogP) is 1.25. The SMILES string of the molecule is CCCc1nc(N)n(-c2ccc(Cl)nn2)n1. The first-order valence-corrected chi connectivity index (χ1v) is 5.29. The molecule has 2 heterocycles. The van der Waals surface area contributed by atoms with E-state index >= 15 is 0 Å². The first kappa shape index (κ1) is 10.8. The van der Waals surface area contributed by atoms with E-state index in [0.717, 1.165) is 12.8 Å². The second-order valence-corrected chi connectivity index (χ2v) is 3.65. The summed E-state index contributed by atoms with van der Waals surface area (Å²) in [6.45, 7) is 2.05. The fourth-order valence-electron chi connectivity index (χ4n) is 1.29. The Morgan fingerprint density at radius 2 is 2.19 bits per heavy atom. The monoisotopic (exact) mass is 238 g/mol. The molecule has 0 aliphatic rings. The minimum atomic E-state index is 0.306. The van der Waals surface area contributed by atoms with Crippen molar-refractivity contribution in [2.75, 3.05) is 5.73 Å². The van der Waals surface area contributed by atoms with Crippen LogP contribution in [0.4, 0.5) is 5.95 Å². The third-order valence-corrected chi connectivity index (χ3v) is 2.19. The molecule has 0 amide bonds. The number of aryl methyl sites for hydroxylation is 1. The van der Waals surface area contributed by atoms with Crippen LogP contribution in [0.1, 0.15) is 19.2 Å². The van der Waals surface area contributed by atoms with E-state index < -0.39 is 0 Å². The smallest absolute Gasteiger partial charge is 0.225 e. The van der Waals surface area contributed by atoms with Crippen LogP contribution in [0.2, 0.25) is 5.15 Å². The minimum Gasteiger partial charge on any atom is -0.368 e. The van der Waals surface area contributed by atoms with Gasteiger partial charge in [0.25, 0.3) is 0 Å². The molecule has 0 aliphatic carbocycles. The first-order chi connectivity index (χ1) is 7.70. The van der Waals surface area contributed by atoms with Crippen molar-refractivity contribution >= 4 is 17.5 Å². The van der Waals surface area contributed by atoms with E-state index in [2.05, 4.69) is 27.2 Å². The maximum atomic E-state index is 5.73. The van der Waals surface area contributed by atoms with Crippen molar-refractivity contribution in [3.8, 4) is 5.82 Å². The van der Waals surface area contributed by atoms with Crippen molar-refractivity contribution in [2.24, 2.45) is 0 Å². The molecule has 0 bridgehead atoms. The zero-order chi connectivity index (χ0) is 11.5. The van der Waals surface area contributed by atoms with Gasteiger partial charge in [-0.05, 0) is 18.6 Å². The number of anilines is 1. The van der Waals surface area contributed by atoms with Gasteiger partial charge in [0.2, 0.25) is 5.95 Å². The van der Waals surface area contributed by atoms with Crippen molar-refractivity contribution in [2.45, 2.75) is 19.8 Å². The summed E-state index contributed by atoms with van der Waals surface area (Å²) >= 11 is 5.64. The van der Waals surface area contributed by atoms with Gasteiger partial charge in [0.1, 0.15) is 0 Å². The molecule has 0 fully saturated rings. The summed E-state index contributed by atoms with van der Waals surface area (Å²) in [6.07, 6.45) is 1.76. The molecule has 0 saturated heterocycles. The molecule has 7 heteroatoms. The van der Waals surface area contributed by atoms with Crippen molar-refractivity contribution in [3.63, 3.8) is 0 Å². The van der Waals surface area contributed by atoms with Gasteiger partial charge in [0.05, 0.1) is 0 Å². The molecule has 2 aromatic heterocycles. The van der Waals surface area contributed by atoms with E-state index in [1.807, 2.05) is 0 Å². The van der Waals surface area contributed by atoms with Crippen molar-refractivity contribution in [1.82, 2.24) is 25.0 Å². The van der Waals surface area contributed by atoms with E-state index in [1.54, 1.807) is 12.1 Å². The Morgan fingerprint density at radius 1 is 1.38 bits per heavy atom. The van der Waals surface area contributed by atoms with E-state index in [-0.39, 0.29) is 0 Å². The summed E-state index contributed by atoms with van der Waals surface area (Å²) in [5, 5.41) is 12.2. The van der Waals surface area contributed by atoms with Gasteiger partial charge in [-0.3, -0.25) is 0 Å². The molecule has 0 spiro atoms. The van der Waals surface area contributed by atoms with E-state index in [9.17, 15) is 0 Å². The molecule has 0 aliphatic heterocycles. The highest BCUT2D eigenvalue weighted by atomic mass is 35.5. The fraction of sp³-hybridized carbons (Fsp3) is 0.333. The Labute approximate surface area is 97.5 Å². The van der Waals surface area contributed by atoms with Gasteiger partial charge in [-0.2, -0.15) is 9.67 Å². The number of nitrogens with two attached hydrogens (primary N) is 1. The summed E-state index contributed by atoms with van der Waals surface area (Å²) in [5.74, 6) is 1.52. The Morgan fingerprint density at radius 3 is 2.81 bits per heavy atom. The van der Waals surface area contributed by atoms with Crippen LogP contribution >= 0.6 is 11.6 Å². The van der Waals surface area contributed by atoms with Crippen LogP contribution in [0.15, 0.2) is 12.1 Å². The molecule has 2 N–H and O–H groups in total. The van der Waals surface area contributed by atoms with Crippen LogP contribution < -0.4 is 5.73 Å². The Balaban J connectivity index is 2.36. The maximum absolute atomic E-state index is 5.73. The molecule has 0 aromatic carbocycles. The Kier molecular flexibility index (Phi) is 3.00. The number of nitrogen functional groups attached to an aromatic ring is 1. The summed E-state index contributed by atoms with van der Waals surface area (Å²) in [5.41, 5.74) is 5.73. The summed E-state index contributed by atoms with van der Waals surface area (Å²) in [6, 6.07) is 3.32. The quantitative estimate of drug-likeness (QED) is 0.870. The normalized spacial score (nSPS) is 10.6. The molecular formula is C9H11ClN6. The lowest BCUT2D eigenvalue weighted by Crippen LogP contribution is -2.05. The van der Waals surface area contributed by atoms with Crippen LogP contribution in [0.25, 0.3) is 5.82 Å². The fourth-order valence-corrected chi connectivity index (χ4v) is 1.39. The van der Waals surface area contributed by atoms with E-state index in [4.69, 9.17) is 17.3 Å².